The molecule has 0 spiro atoms. The van der Waals surface area contributed by atoms with Gasteiger partial charge in [0.25, 0.3) is 5.91 Å². The number of aromatic nitrogens is 1. The van der Waals surface area contributed by atoms with Crippen LogP contribution in [0.5, 0.6) is 5.75 Å². The maximum atomic E-state index is 15.6. The van der Waals surface area contributed by atoms with Crippen LogP contribution in [-0.4, -0.2) is 61.5 Å². The van der Waals surface area contributed by atoms with Crippen molar-refractivity contribution in [1.82, 2.24) is 9.58 Å². The van der Waals surface area contributed by atoms with Crippen LogP contribution in [0, 0.1) is 11.6 Å². The normalized spacial score (nSPS) is 23.7. The fourth-order valence-electron chi connectivity index (χ4n) is 6.78. The molecule has 12 heteroatoms. The highest BCUT2D eigenvalue weighted by Gasteiger charge is 2.49. The molecule has 1 saturated carbocycles. The number of amides is 1. The molecule has 3 aromatic rings. The van der Waals surface area contributed by atoms with E-state index < -0.39 is 48.1 Å². The van der Waals surface area contributed by atoms with Gasteiger partial charge in [0.1, 0.15) is 6.17 Å². The summed E-state index contributed by atoms with van der Waals surface area (Å²) in [5.41, 5.74) is 2.21. The van der Waals surface area contributed by atoms with Gasteiger partial charge in [-0.3, -0.25) is 19.3 Å². The van der Waals surface area contributed by atoms with Crippen molar-refractivity contribution in [2.45, 2.75) is 36.9 Å². The molecule has 3 heterocycles. The summed E-state index contributed by atoms with van der Waals surface area (Å²) in [6.45, 7) is -0.0206. The zero-order valence-corrected chi connectivity index (χ0v) is 22.6. The minimum absolute atomic E-state index is 0.0806. The van der Waals surface area contributed by atoms with Crippen molar-refractivity contribution in [3.8, 4) is 5.75 Å². The van der Waals surface area contributed by atoms with Crippen LogP contribution in [0.25, 0.3) is 0 Å². The molecule has 1 aromatic heterocycles. The van der Waals surface area contributed by atoms with Crippen molar-refractivity contribution in [2.75, 3.05) is 38.7 Å². The number of rotatable bonds is 4. The van der Waals surface area contributed by atoms with Crippen LogP contribution in [0.2, 0.25) is 0 Å². The van der Waals surface area contributed by atoms with Gasteiger partial charge in [-0.15, -0.1) is 0 Å². The van der Waals surface area contributed by atoms with Crippen molar-refractivity contribution in [1.29, 1.82) is 0 Å². The molecule has 218 valence electrons. The van der Waals surface area contributed by atoms with Crippen LogP contribution in [0.15, 0.2) is 53.5 Å². The third kappa shape index (κ3) is 3.96. The number of fused-ring (bicyclic) bond motifs is 2. The number of halogens is 2. The second-order valence-corrected chi connectivity index (χ2v) is 10.8. The molecule has 2 aromatic carbocycles. The third-order valence-electron chi connectivity index (χ3n) is 8.70. The van der Waals surface area contributed by atoms with E-state index in [1.54, 1.807) is 11.0 Å². The van der Waals surface area contributed by atoms with Gasteiger partial charge in [-0.05, 0) is 53.0 Å². The van der Waals surface area contributed by atoms with Crippen molar-refractivity contribution >= 4 is 12.1 Å². The highest BCUT2D eigenvalue weighted by Crippen LogP contribution is 2.55. The lowest BCUT2D eigenvalue weighted by molar-refractivity contribution is -0.0210. The number of hydrogen-bond donors (Lipinski definition) is 0. The average Bonchev–Trinajstić information content (AvgIpc) is 2.97. The Kier molecular flexibility index (Phi) is 6.37. The number of carbonyl (C=O) groups is 2. The van der Waals surface area contributed by atoms with Gasteiger partial charge in [-0.1, -0.05) is 30.3 Å². The molecule has 1 amide bonds. The fourth-order valence-corrected chi connectivity index (χ4v) is 6.78. The first-order valence-electron chi connectivity index (χ1n) is 13.7. The lowest BCUT2D eigenvalue weighted by Gasteiger charge is -2.53. The Balaban J connectivity index is 1.46. The molecular formula is C30H27F2N3O7. The van der Waals surface area contributed by atoms with E-state index in [2.05, 4.69) is 10.8 Å². The largest absolute Gasteiger partial charge is 0.510 e. The van der Waals surface area contributed by atoms with E-state index >= 15 is 4.39 Å². The van der Waals surface area contributed by atoms with Gasteiger partial charge in [-0.2, -0.15) is 0 Å². The van der Waals surface area contributed by atoms with Gasteiger partial charge in [0.2, 0.25) is 18.0 Å². The molecule has 2 aliphatic heterocycles. The van der Waals surface area contributed by atoms with E-state index in [4.69, 9.17) is 14.2 Å². The number of morpholine rings is 1. The topological polar surface area (TPSA) is 99.5 Å². The number of nitrogens with zero attached hydrogens (tertiary/aromatic N) is 3. The van der Waals surface area contributed by atoms with E-state index in [0.29, 0.717) is 24.0 Å². The summed E-state index contributed by atoms with van der Waals surface area (Å²) < 4.78 is 52.5. The second-order valence-electron chi connectivity index (χ2n) is 10.8. The van der Waals surface area contributed by atoms with Gasteiger partial charge >= 0.3 is 6.16 Å². The minimum Gasteiger partial charge on any atom is -0.451 e. The molecular weight excluding hydrogens is 552 g/mol. The van der Waals surface area contributed by atoms with Gasteiger partial charge < -0.3 is 23.8 Å². The number of benzene rings is 2. The third-order valence-corrected chi connectivity index (χ3v) is 8.70. The summed E-state index contributed by atoms with van der Waals surface area (Å²) >= 11 is 0. The standard InChI is InChI=1S/C30H27F2N3O7/c1-39-30(38)42-15-41-28-22(36)8-9-34-27(28)29(37)33-10-11-40-14-23(33)35(34)26-19-5-3-2-4-18(19)16-12-17(13-16)24-20(26)6-7-21(31)25(24)32/h2-9,16-17,23,26H,10-15H2,1H3/t16?,17?,23-,26-/m1/s1. The van der Waals surface area contributed by atoms with Crippen LogP contribution in [0.1, 0.15) is 63.5 Å². The van der Waals surface area contributed by atoms with E-state index in [1.165, 1.54) is 16.9 Å². The van der Waals surface area contributed by atoms with Gasteiger partial charge in [-0.25, -0.2) is 13.6 Å². The quantitative estimate of drug-likeness (QED) is 0.341. The van der Waals surface area contributed by atoms with E-state index in [0.717, 1.165) is 24.3 Å². The van der Waals surface area contributed by atoms with Gasteiger partial charge in [0.05, 0.1) is 26.4 Å². The molecule has 2 fully saturated rings. The molecule has 1 saturated heterocycles. The minimum atomic E-state index is -1.02. The predicted molar refractivity (Wildman–Crippen MR) is 143 cm³/mol. The summed E-state index contributed by atoms with van der Waals surface area (Å²) in [4.78, 5) is 40.1. The number of ether oxygens (including phenoxy) is 4. The number of hydrogen-bond acceptors (Lipinski definition) is 8. The fraction of sp³-hybridized carbons (Fsp3) is 0.367. The zero-order valence-electron chi connectivity index (χ0n) is 22.6. The molecule has 10 nitrogen and oxygen atoms in total. The van der Waals surface area contributed by atoms with Crippen molar-refractivity contribution in [3.63, 3.8) is 0 Å². The Labute approximate surface area is 238 Å². The lowest BCUT2D eigenvalue weighted by atomic mass is 9.63. The molecule has 0 radical (unpaired) electrons. The Morgan fingerprint density at radius 1 is 1.02 bits per heavy atom. The highest BCUT2D eigenvalue weighted by molar-refractivity contribution is 5.96. The summed E-state index contributed by atoms with van der Waals surface area (Å²) in [6, 6.07) is 11.2. The average molecular weight is 580 g/mol. The molecule has 5 aliphatic rings. The number of methoxy groups -OCH3 is 1. The maximum absolute atomic E-state index is 15.6. The predicted octanol–water partition coefficient (Wildman–Crippen LogP) is 3.76. The summed E-state index contributed by atoms with van der Waals surface area (Å²) in [7, 11) is 1.13. The Hall–Kier alpha value is -4.45. The first-order chi connectivity index (χ1) is 20.4. The van der Waals surface area contributed by atoms with Crippen LogP contribution in [0.3, 0.4) is 0 Å². The Morgan fingerprint density at radius 3 is 2.60 bits per heavy atom. The first kappa shape index (κ1) is 26.4. The Morgan fingerprint density at radius 2 is 1.81 bits per heavy atom. The summed E-state index contributed by atoms with van der Waals surface area (Å²) in [6.07, 6.45) is 1.22. The second kappa shape index (κ2) is 10.1. The van der Waals surface area contributed by atoms with Crippen LogP contribution in [-0.2, 0) is 14.2 Å². The number of carbonyl (C=O) groups excluding carboxylic acids is 2. The van der Waals surface area contributed by atoms with Gasteiger partial charge in [0.15, 0.2) is 17.3 Å². The highest BCUT2D eigenvalue weighted by atomic mass is 19.2. The molecule has 3 aliphatic carbocycles. The van der Waals surface area contributed by atoms with Crippen LogP contribution in [0.4, 0.5) is 13.6 Å². The molecule has 0 N–H and O–H groups in total. The molecule has 2 atom stereocenters. The monoisotopic (exact) mass is 579 g/mol. The van der Waals surface area contributed by atoms with Crippen LogP contribution >= 0.6 is 0 Å². The van der Waals surface area contributed by atoms with Gasteiger partial charge in [0, 0.05) is 18.8 Å². The summed E-state index contributed by atoms with van der Waals surface area (Å²) in [5, 5.41) is 1.88. The van der Waals surface area contributed by atoms with E-state index in [9.17, 15) is 18.8 Å². The van der Waals surface area contributed by atoms with E-state index in [1.807, 2.05) is 23.2 Å². The molecule has 2 bridgehead atoms. The van der Waals surface area contributed by atoms with Crippen molar-refractivity contribution in [3.05, 3.63) is 98.5 Å². The van der Waals surface area contributed by atoms with Crippen molar-refractivity contribution in [2.24, 2.45) is 0 Å². The molecule has 8 rings (SSSR count). The molecule has 42 heavy (non-hydrogen) atoms. The lowest BCUT2D eigenvalue weighted by Crippen LogP contribution is -2.66. The SMILES string of the molecule is COC(=O)OCOc1c2n(ccc1=O)N([C@@H]1c3ccccc3C3CC(C3)c3c1ccc(F)c3F)[C@@H]1COCCN1C2=O. The maximum Gasteiger partial charge on any atom is 0.510 e. The van der Waals surface area contributed by atoms with Crippen molar-refractivity contribution < 1.29 is 37.3 Å². The summed E-state index contributed by atoms with van der Waals surface area (Å²) in [5.74, 6) is -2.56. The zero-order chi connectivity index (χ0) is 29.1. The first-order valence-corrected chi connectivity index (χ1v) is 13.7. The molecule has 0 unspecified atom stereocenters. The van der Waals surface area contributed by atoms with E-state index in [-0.39, 0.29) is 43.0 Å². The number of pyridine rings is 1. The van der Waals surface area contributed by atoms with Crippen LogP contribution < -0.4 is 15.2 Å². The Bertz CT molecular complexity index is 1650. The smallest absolute Gasteiger partial charge is 0.451 e.